The van der Waals surface area contributed by atoms with Crippen molar-refractivity contribution in [2.24, 2.45) is 0 Å². The molecule has 130 valence electrons. The maximum Gasteiger partial charge on any atom is 0.104 e. The van der Waals surface area contributed by atoms with Crippen LogP contribution < -0.4 is 10.4 Å². The van der Waals surface area contributed by atoms with E-state index in [1.165, 1.54) is 16.7 Å². The molecule has 2 aromatic carbocycles. The molecule has 2 aromatic rings. The van der Waals surface area contributed by atoms with Gasteiger partial charge in [0.05, 0.1) is 0 Å². The fraction of sp³-hybridized carbons (Fsp3) is 0.429. The van der Waals surface area contributed by atoms with Gasteiger partial charge in [-0.15, -0.1) is 0 Å². The molecule has 0 N–H and O–H groups in total. The van der Waals surface area contributed by atoms with Gasteiger partial charge >= 0.3 is 0 Å². The Morgan fingerprint density at radius 3 is 1.42 bits per heavy atom. The molecular weight excluding hydrogens is 336 g/mol. The van der Waals surface area contributed by atoms with Crippen LogP contribution in [0.4, 0.5) is 0 Å². The van der Waals surface area contributed by atoms with Crippen LogP contribution in [0.1, 0.15) is 16.7 Å². The molecule has 0 aromatic heterocycles. The average Bonchev–Trinajstić information content (AvgIpc) is 2.40. The molecule has 0 nitrogen and oxygen atoms in total. The van der Waals surface area contributed by atoms with Crippen LogP contribution in [0.3, 0.4) is 0 Å². The molecule has 0 bridgehead atoms. The highest BCUT2D eigenvalue weighted by molar-refractivity contribution is 7.76. The first-order chi connectivity index (χ1) is 10.9. The largest absolute Gasteiger partial charge is 0.104 e. The van der Waals surface area contributed by atoms with E-state index in [1.54, 1.807) is 10.4 Å². The van der Waals surface area contributed by atoms with E-state index in [2.05, 4.69) is 103 Å². The molecule has 0 spiro atoms. The van der Waals surface area contributed by atoms with Gasteiger partial charge in [0.15, 0.2) is 0 Å². The third-order valence-electron chi connectivity index (χ3n) is 5.51. The Bertz CT molecular complexity index is 682. The van der Waals surface area contributed by atoms with E-state index in [0.717, 1.165) is 0 Å². The molecule has 0 fully saturated rings. The fourth-order valence-electron chi connectivity index (χ4n) is 5.35. The summed E-state index contributed by atoms with van der Waals surface area (Å²) in [5, 5.41) is 3.44. The minimum Gasteiger partial charge on any atom is -0.0711 e. The van der Waals surface area contributed by atoms with Crippen molar-refractivity contribution >= 4 is 32.7 Å². The molecule has 2 rings (SSSR count). The second-order valence-electron chi connectivity index (χ2n) is 9.39. The van der Waals surface area contributed by atoms with Crippen LogP contribution in [0.15, 0.2) is 42.5 Å². The number of hydrogen-bond acceptors (Lipinski definition) is 0. The number of benzene rings is 2. The molecule has 3 heteroatoms. The van der Waals surface area contributed by atoms with E-state index in [4.69, 9.17) is 0 Å². The topological polar surface area (TPSA) is 0 Å². The van der Waals surface area contributed by atoms with Gasteiger partial charge in [0.1, 0.15) is 7.11 Å². The second-order valence-corrected chi connectivity index (χ2v) is 36.0. The first-order valence-corrected chi connectivity index (χ1v) is 20.1. The molecular formula is C21H34Si3. The maximum absolute atomic E-state index is 2.63. The van der Waals surface area contributed by atoms with Gasteiger partial charge in [-0.05, 0) is 20.8 Å². The predicted octanol–water partition coefficient (Wildman–Crippen LogP) is 5.01. The summed E-state index contributed by atoms with van der Waals surface area (Å²) >= 11 is 0. The second kappa shape index (κ2) is 6.43. The van der Waals surface area contributed by atoms with Crippen molar-refractivity contribution in [3.8, 4) is 0 Å². The zero-order chi connectivity index (χ0) is 18.3. The van der Waals surface area contributed by atoms with E-state index in [9.17, 15) is 0 Å². The molecule has 0 aliphatic rings. The van der Waals surface area contributed by atoms with Crippen LogP contribution in [0.25, 0.3) is 0 Å². The van der Waals surface area contributed by atoms with E-state index < -0.39 is 22.3 Å². The lowest BCUT2D eigenvalue weighted by molar-refractivity contribution is 1.35. The van der Waals surface area contributed by atoms with Crippen molar-refractivity contribution < 1.29 is 0 Å². The summed E-state index contributed by atoms with van der Waals surface area (Å²) < 4.78 is 0. The summed E-state index contributed by atoms with van der Waals surface area (Å²) in [5.74, 6) is 0. The molecule has 0 radical (unpaired) electrons. The number of aryl methyl sites for hydroxylation is 3. The van der Waals surface area contributed by atoms with Gasteiger partial charge in [-0.3, -0.25) is 0 Å². The summed E-state index contributed by atoms with van der Waals surface area (Å²) in [6.45, 7) is 22.7. The number of hydrogen-bond donors (Lipinski definition) is 0. The van der Waals surface area contributed by atoms with E-state index in [0.29, 0.717) is 0 Å². The zero-order valence-electron chi connectivity index (χ0n) is 17.0. The highest BCUT2D eigenvalue weighted by Crippen LogP contribution is 2.31. The summed E-state index contributed by atoms with van der Waals surface area (Å²) in [4.78, 5) is 0. The molecule has 0 amide bonds. The molecule has 24 heavy (non-hydrogen) atoms. The molecule has 0 saturated heterocycles. The van der Waals surface area contributed by atoms with Crippen molar-refractivity contribution in [1.29, 1.82) is 0 Å². The monoisotopic (exact) mass is 370 g/mol. The van der Waals surface area contributed by atoms with Crippen molar-refractivity contribution in [3.05, 3.63) is 59.2 Å². The van der Waals surface area contributed by atoms with Crippen LogP contribution in [-0.2, 0) is 0 Å². The summed E-state index contributed by atoms with van der Waals surface area (Å²) in [6.07, 6.45) is 0. The van der Waals surface area contributed by atoms with Gasteiger partial charge < -0.3 is 0 Å². The Kier molecular flexibility index (Phi) is 5.20. The van der Waals surface area contributed by atoms with Crippen molar-refractivity contribution in [2.75, 3.05) is 0 Å². The Hall–Kier alpha value is -0.909. The fourth-order valence-corrected chi connectivity index (χ4v) is 53.2. The van der Waals surface area contributed by atoms with Gasteiger partial charge in [-0.1, -0.05) is 109 Å². The van der Waals surface area contributed by atoms with E-state index >= 15 is 0 Å². The molecule has 0 aliphatic carbocycles. The smallest absolute Gasteiger partial charge is 0.0711 e. The van der Waals surface area contributed by atoms with Gasteiger partial charge in [-0.25, -0.2) is 0 Å². The maximum atomic E-state index is 2.63. The SMILES string of the molecule is Cc1cc(C)c([Si](c2ccccc2)([Si](C)(C)C)[Si](C)(C)C)c(C)c1. The van der Waals surface area contributed by atoms with Crippen molar-refractivity contribution in [2.45, 2.75) is 60.1 Å². The normalized spacial score (nSPS) is 13.2. The van der Waals surface area contributed by atoms with Gasteiger partial charge in [0.25, 0.3) is 0 Å². The lowest BCUT2D eigenvalue weighted by Gasteiger charge is -2.52. The third kappa shape index (κ3) is 3.02. The number of rotatable bonds is 4. The van der Waals surface area contributed by atoms with Gasteiger partial charge in [0, 0.05) is 15.2 Å². The Morgan fingerprint density at radius 2 is 1.04 bits per heavy atom. The van der Waals surface area contributed by atoms with E-state index in [-0.39, 0.29) is 0 Å². The van der Waals surface area contributed by atoms with Crippen LogP contribution in [0.5, 0.6) is 0 Å². The third-order valence-corrected chi connectivity index (χ3v) is 43.0. The quantitative estimate of drug-likeness (QED) is 0.664. The van der Waals surface area contributed by atoms with E-state index in [1.807, 2.05) is 0 Å². The zero-order valence-corrected chi connectivity index (χ0v) is 20.0. The Balaban J connectivity index is 3.03. The highest BCUT2D eigenvalue weighted by atomic mass is 29.6. The lowest BCUT2D eigenvalue weighted by Crippen LogP contribution is -2.85. The van der Waals surface area contributed by atoms with Crippen LogP contribution >= 0.6 is 0 Å². The van der Waals surface area contributed by atoms with Crippen LogP contribution in [-0.4, -0.2) is 22.3 Å². The highest BCUT2D eigenvalue weighted by Gasteiger charge is 2.57. The van der Waals surface area contributed by atoms with Crippen LogP contribution in [0, 0.1) is 20.8 Å². The first kappa shape index (κ1) is 19.4. The first-order valence-electron chi connectivity index (χ1n) is 9.07. The summed E-state index contributed by atoms with van der Waals surface area (Å²) in [6, 6.07) is 16.4. The predicted molar refractivity (Wildman–Crippen MR) is 119 cm³/mol. The molecule has 0 aliphatic heterocycles. The minimum atomic E-state index is -1.79. The average molecular weight is 371 g/mol. The summed E-state index contributed by atoms with van der Waals surface area (Å²) in [5.41, 5.74) is 4.47. The standard InChI is InChI=1S/C21H34Si3/c1-17-15-18(2)21(19(3)16-17)24(22(4,5)6,23(7,8)9)20-13-11-10-12-14-20/h10-16H,1-9H3. The Morgan fingerprint density at radius 1 is 0.625 bits per heavy atom. The molecule has 0 atom stereocenters. The Labute approximate surface area is 151 Å². The van der Waals surface area contributed by atoms with Gasteiger partial charge in [-0.2, -0.15) is 0 Å². The lowest BCUT2D eigenvalue weighted by atomic mass is 10.1. The molecule has 0 heterocycles. The van der Waals surface area contributed by atoms with Crippen molar-refractivity contribution in [1.82, 2.24) is 0 Å². The van der Waals surface area contributed by atoms with Gasteiger partial charge in [0.2, 0.25) is 0 Å². The van der Waals surface area contributed by atoms with Crippen LogP contribution in [0.2, 0.25) is 39.3 Å². The molecule has 0 unspecified atom stereocenters. The minimum absolute atomic E-state index is 1.40. The van der Waals surface area contributed by atoms with Crippen molar-refractivity contribution in [3.63, 3.8) is 0 Å². The molecule has 0 saturated carbocycles. The summed E-state index contributed by atoms with van der Waals surface area (Å²) in [7, 11) is -4.65.